The number of hydrogen-bond donors (Lipinski definition) is 1. The van der Waals surface area contributed by atoms with Crippen molar-refractivity contribution >= 4 is 0 Å². The van der Waals surface area contributed by atoms with E-state index in [2.05, 4.69) is 51.2 Å². The quantitative estimate of drug-likeness (QED) is 0.874. The van der Waals surface area contributed by atoms with Crippen LogP contribution < -0.4 is 5.32 Å². The third kappa shape index (κ3) is 3.58. The van der Waals surface area contributed by atoms with E-state index in [1.165, 1.54) is 22.3 Å². The second-order valence-corrected chi connectivity index (χ2v) is 5.91. The zero-order valence-corrected chi connectivity index (χ0v) is 12.4. The Balaban J connectivity index is 2.86. The Kier molecular flexibility index (Phi) is 4.53. The number of nitrogens with one attached hydrogen (secondary N) is 1. The molecule has 0 aliphatic rings. The molecular formula is C16H24N2. The van der Waals surface area contributed by atoms with Crippen molar-refractivity contribution < 1.29 is 0 Å². The van der Waals surface area contributed by atoms with Gasteiger partial charge < -0.3 is 5.32 Å². The zero-order valence-electron chi connectivity index (χ0n) is 12.4. The summed E-state index contributed by atoms with van der Waals surface area (Å²) < 4.78 is 0. The molecule has 98 valence electrons. The molecule has 1 unspecified atom stereocenters. The summed E-state index contributed by atoms with van der Waals surface area (Å²) in [5.41, 5.74) is 4.98. The lowest BCUT2D eigenvalue weighted by molar-refractivity contribution is 0.414. The van der Waals surface area contributed by atoms with Crippen LogP contribution in [0, 0.1) is 37.5 Å². The van der Waals surface area contributed by atoms with Crippen molar-refractivity contribution in [2.75, 3.05) is 6.54 Å². The maximum Gasteiger partial charge on any atom is 0.0697 e. The Morgan fingerprint density at radius 3 is 2.17 bits per heavy atom. The zero-order chi connectivity index (χ0) is 13.9. The normalized spacial score (nSPS) is 13.2. The van der Waals surface area contributed by atoms with Crippen LogP contribution in [0.15, 0.2) is 12.1 Å². The van der Waals surface area contributed by atoms with Crippen LogP contribution in [0.25, 0.3) is 0 Å². The highest BCUT2D eigenvalue weighted by atomic mass is 14.9. The van der Waals surface area contributed by atoms with Crippen LogP contribution in [0.4, 0.5) is 0 Å². The summed E-state index contributed by atoms with van der Waals surface area (Å²) in [7, 11) is 0. The summed E-state index contributed by atoms with van der Waals surface area (Å²) in [6.07, 6.45) is 0. The van der Waals surface area contributed by atoms with Gasteiger partial charge in [0.05, 0.1) is 11.5 Å². The van der Waals surface area contributed by atoms with Gasteiger partial charge in [0, 0.05) is 12.6 Å². The lowest BCUT2D eigenvalue weighted by Gasteiger charge is -2.23. The van der Waals surface area contributed by atoms with Crippen molar-refractivity contribution in [2.24, 2.45) is 5.41 Å². The number of nitrogens with zero attached hydrogens (tertiary/aromatic N) is 1. The van der Waals surface area contributed by atoms with Gasteiger partial charge in [-0.15, -0.1) is 0 Å². The monoisotopic (exact) mass is 244 g/mol. The largest absolute Gasteiger partial charge is 0.309 e. The molecule has 2 nitrogen and oxygen atoms in total. The Bertz CT molecular complexity index is 443. The molecule has 0 aromatic heterocycles. The molecule has 0 aliphatic carbocycles. The van der Waals surface area contributed by atoms with E-state index in [1.54, 1.807) is 0 Å². The lowest BCUT2D eigenvalue weighted by atomic mass is 9.92. The average molecular weight is 244 g/mol. The van der Waals surface area contributed by atoms with Crippen LogP contribution in [0.3, 0.4) is 0 Å². The molecule has 1 rings (SSSR count). The van der Waals surface area contributed by atoms with Gasteiger partial charge in [0.15, 0.2) is 0 Å². The molecule has 0 aliphatic heterocycles. The minimum absolute atomic E-state index is 0.276. The standard InChI is InChI=1S/C16H24N2/c1-11-7-12(2)15(13(3)8-11)14(4)18-10-16(5,6)9-17/h7-8,14,18H,10H2,1-6H3. The topological polar surface area (TPSA) is 35.8 Å². The molecule has 0 fully saturated rings. The van der Waals surface area contributed by atoms with E-state index in [-0.39, 0.29) is 11.5 Å². The number of benzene rings is 1. The highest BCUT2D eigenvalue weighted by Gasteiger charge is 2.19. The summed E-state index contributed by atoms with van der Waals surface area (Å²) in [6.45, 7) is 13.2. The minimum Gasteiger partial charge on any atom is -0.309 e. The van der Waals surface area contributed by atoms with Crippen LogP contribution in [-0.2, 0) is 0 Å². The Morgan fingerprint density at radius 1 is 1.22 bits per heavy atom. The summed E-state index contributed by atoms with van der Waals surface area (Å²) >= 11 is 0. The molecular weight excluding hydrogens is 220 g/mol. The number of nitriles is 1. The van der Waals surface area contributed by atoms with Crippen LogP contribution in [0.1, 0.15) is 49.1 Å². The second-order valence-electron chi connectivity index (χ2n) is 5.91. The van der Waals surface area contributed by atoms with Crippen molar-refractivity contribution in [1.29, 1.82) is 5.26 Å². The molecule has 1 N–H and O–H groups in total. The molecule has 2 heteroatoms. The third-order valence-electron chi connectivity index (χ3n) is 3.32. The molecule has 0 saturated heterocycles. The summed E-state index contributed by atoms with van der Waals surface area (Å²) in [5.74, 6) is 0. The number of aryl methyl sites for hydroxylation is 3. The van der Waals surface area contributed by atoms with E-state index < -0.39 is 0 Å². The molecule has 1 aromatic rings. The molecule has 0 spiro atoms. The van der Waals surface area contributed by atoms with Crippen molar-refractivity contribution in [3.63, 3.8) is 0 Å². The predicted molar refractivity (Wildman–Crippen MR) is 76.5 cm³/mol. The number of rotatable bonds is 4. The Labute approximate surface area is 111 Å². The molecule has 0 radical (unpaired) electrons. The smallest absolute Gasteiger partial charge is 0.0697 e. The van der Waals surface area contributed by atoms with Gasteiger partial charge in [0.25, 0.3) is 0 Å². The van der Waals surface area contributed by atoms with Gasteiger partial charge in [-0.3, -0.25) is 0 Å². The van der Waals surface area contributed by atoms with E-state index in [9.17, 15) is 0 Å². The van der Waals surface area contributed by atoms with Gasteiger partial charge >= 0.3 is 0 Å². The van der Waals surface area contributed by atoms with Gasteiger partial charge in [0.2, 0.25) is 0 Å². The van der Waals surface area contributed by atoms with Crippen LogP contribution in [-0.4, -0.2) is 6.54 Å². The fourth-order valence-corrected chi connectivity index (χ4v) is 2.42. The molecule has 18 heavy (non-hydrogen) atoms. The molecule has 1 aromatic carbocycles. The first kappa shape index (κ1) is 14.7. The van der Waals surface area contributed by atoms with Gasteiger partial charge in [-0.05, 0) is 58.2 Å². The lowest BCUT2D eigenvalue weighted by Crippen LogP contribution is -2.30. The predicted octanol–water partition coefficient (Wildman–Crippen LogP) is 3.81. The summed E-state index contributed by atoms with van der Waals surface area (Å²) in [5, 5.41) is 12.5. The fourth-order valence-electron chi connectivity index (χ4n) is 2.42. The number of hydrogen-bond acceptors (Lipinski definition) is 2. The summed E-state index contributed by atoms with van der Waals surface area (Å²) in [4.78, 5) is 0. The fraction of sp³-hybridized carbons (Fsp3) is 0.562. The van der Waals surface area contributed by atoms with E-state index >= 15 is 0 Å². The van der Waals surface area contributed by atoms with Crippen LogP contribution in [0.2, 0.25) is 0 Å². The minimum atomic E-state index is -0.319. The first-order valence-electron chi connectivity index (χ1n) is 6.49. The van der Waals surface area contributed by atoms with E-state index in [1.807, 2.05) is 13.8 Å². The maximum atomic E-state index is 9.03. The van der Waals surface area contributed by atoms with Crippen molar-refractivity contribution in [2.45, 2.75) is 47.6 Å². The molecule has 0 amide bonds. The second kappa shape index (κ2) is 5.54. The Hall–Kier alpha value is -1.33. The maximum absolute atomic E-state index is 9.03. The first-order chi connectivity index (χ1) is 8.26. The highest BCUT2D eigenvalue weighted by molar-refractivity contribution is 5.39. The highest BCUT2D eigenvalue weighted by Crippen LogP contribution is 2.24. The molecule has 0 bridgehead atoms. The van der Waals surface area contributed by atoms with Gasteiger partial charge in [-0.25, -0.2) is 0 Å². The van der Waals surface area contributed by atoms with Crippen molar-refractivity contribution in [1.82, 2.24) is 5.32 Å². The molecule has 1 atom stereocenters. The van der Waals surface area contributed by atoms with Crippen LogP contribution in [0.5, 0.6) is 0 Å². The molecule has 0 saturated carbocycles. The first-order valence-corrected chi connectivity index (χ1v) is 6.49. The summed E-state index contributed by atoms with van der Waals surface area (Å²) in [6, 6.07) is 7.04. The van der Waals surface area contributed by atoms with Crippen molar-refractivity contribution in [3.8, 4) is 6.07 Å². The van der Waals surface area contributed by atoms with Crippen LogP contribution >= 0.6 is 0 Å². The van der Waals surface area contributed by atoms with E-state index in [0.717, 1.165) is 0 Å². The van der Waals surface area contributed by atoms with Crippen molar-refractivity contribution in [3.05, 3.63) is 34.4 Å². The SMILES string of the molecule is Cc1cc(C)c(C(C)NCC(C)(C)C#N)c(C)c1. The van der Waals surface area contributed by atoms with Gasteiger partial charge in [-0.2, -0.15) is 5.26 Å². The molecule has 0 heterocycles. The van der Waals surface area contributed by atoms with Gasteiger partial charge in [0.1, 0.15) is 0 Å². The van der Waals surface area contributed by atoms with Gasteiger partial charge in [-0.1, -0.05) is 17.7 Å². The van der Waals surface area contributed by atoms with E-state index in [4.69, 9.17) is 5.26 Å². The van der Waals surface area contributed by atoms with E-state index in [0.29, 0.717) is 6.54 Å². The average Bonchev–Trinajstić information content (AvgIpc) is 2.25. The Morgan fingerprint density at radius 2 is 1.72 bits per heavy atom. The third-order valence-corrected chi connectivity index (χ3v) is 3.32.